The molecule has 1 aromatic carbocycles. The predicted octanol–water partition coefficient (Wildman–Crippen LogP) is 4.25. The van der Waals surface area contributed by atoms with E-state index in [0.29, 0.717) is 30.2 Å². The highest BCUT2D eigenvalue weighted by Gasteiger charge is 2.18. The molecule has 4 N–H and O–H groups in total. The van der Waals surface area contributed by atoms with Crippen LogP contribution in [0.15, 0.2) is 67.3 Å². The van der Waals surface area contributed by atoms with Gasteiger partial charge in [0.05, 0.1) is 29.3 Å². The highest BCUT2D eigenvalue weighted by molar-refractivity contribution is 7.99. The fourth-order valence-electron chi connectivity index (χ4n) is 3.74. The van der Waals surface area contributed by atoms with E-state index < -0.39 is 0 Å². The highest BCUT2D eigenvalue weighted by Crippen LogP contribution is 2.33. The number of nitrogens with zero attached hydrogens (tertiary/aromatic N) is 6. The van der Waals surface area contributed by atoms with Crippen molar-refractivity contribution in [1.29, 1.82) is 0 Å². The second kappa shape index (κ2) is 10.5. The summed E-state index contributed by atoms with van der Waals surface area (Å²) < 4.78 is 10.8. The molecule has 4 aromatic heterocycles. The lowest BCUT2D eigenvalue weighted by Crippen LogP contribution is -2.14. The largest absolute Gasteiger partial charge is 0.473 e. The van der Waals surface area contributed by atoms with E-state index in [1.807, 2.05) is 62.0 Å². The fraction of sp³-hybridized carbons (Fsp3) is 0.160. The zero-order valence-electron chi connectivity index (χ0n) is 19.8. The molecule has 5 rings (SSSR count). The number of nitrogen functional groups attached to an aromatic ring is 1. The molecule has 11 heteroatoms. The molecule has 0 saturated carbocycles. The predicted molar refractivity (Wildman–Crippen MR) is 145 cm³/mol. The molecule has 0 aliphatic carbocycles. The summed E-state index contributed by atoms with van der Waals surface area (Å²) in [6, 6.07) is 13.7. The van der Waals surface area contributed by atoms with Crippen molar-refractivity contribution in [3.8, 4) is 28.5 Å². The molecule has 4 heterocycles. The number of hydrogen-bond donors (Lipinski definition) is 3. The van der Waals surface area contributed by atoms with Gasteiger partial charge in [-0.15, -0.1) is 0 Å². The minimum absolute atomic E-state index is 0.203. The summed E-state index contributed by atoms with van der Waals surface area (Å²) in [5.41, 5.74) is 11.7. The molecule has 0 radical (unpaired) electrons. The molecule has 0 atom stereocenters. The number of ether oxygens (including phenoxy) is 1. The molecule has 5 aromatic rings. The van der Waals surface area contributed by atoms with Crippen LogP contribution in [0.3, 0.4) is 0 Å². The third kappa shape index (κ3) is 5.15. The van der Waals surface area contributed by atoms with Gasteiger partial charge in [0.15, 0.2) is 5.82 Å². The molecule has 0 aliphatic rings. The second-order valence-corrected chi connectivity index (χ2v) is 8.55. The molecule has 0 bridgehead atoms. The van der Waals surface area contributed by atoms with Gasteiger partial charge in [0, 0.05) is 43.2 Å². The smallest absolute Gasteiger partial charge is 0.257 e. The van der Waals surface area contributed by atoms with Gasteiger partial charge in [0.25, 0.3) is 5.88 Å². The van der Waals surface area contributed by atoms with Crippen LogP contribution in [0.25, 0.3) is 33.5 Å². The van der Waals surface area contributed by atoms with Crippen LogP contribution in [0, 0.1) is 0 Å². The van der Waals surface area contributed by atoms with Gasteiger partial charge >= 0.3 is 0 Å². The second-order valence-electron chi connectivity index (χ2n) is 7.94. The summed E-state index contributed by atoms with van der Waals surface area (Å²) in [5.74, 6) is 0.475. The number of rotatable bonds is 9. The van der Waals surface area contributed by atoms with Crippen LogP contribution >= 0.6 is 11.9 Å². The Morgan fingerprint density at radius 2 is 1.94 bits per heavy atom. The summed E-state index contributed by atoms with van der Waals surface area (Å²) in [5, 5.41) is 8.81. The number of aryl methyl sites for hydroxylation is 1. The highest BCUT2D eigenvalue weighted by atomic mass is 32.2. The van der Waals surface area contributed by atoms with Gasteiger partial charge in [0.2, 0.25) is 0 Å². The molecular formula is C25H25N9OS. The Hall–Kier alpha value is -4.38. The van der Waals surface area contributed by atoms with E-state index >= 15 is 0 Å². The normalized spacial score (nSPS) is 10.9. The number of benzene rings is 1. The van der Waals surface area contributed by atoms with Gasteiger partial charge in [-0.1, -0.05) is 24.1 Å². The molecule has 0 saturated heterocycles. The van der Waals surface area contributed by atoms with Gasteiger partial charge in [0.1, 0.15) is 23.7 Å². The summed E-state index contributed by atoms with van der Waals surface area (Å²) in [6.45, 7) is 0.869. The van der Waals surface area contributed by atoms with Gasteiger partial charge in [-0.3, -0.25) is 14.6 Å². The fourth-order valence-corrected chi connectivity index (χ4v) is 4.08. The first kappa shape index (κ1) is 23.4. The summed E-state index contributed by atoms with van der Waals surface area (Å²) in [4.78, 5) is 18.1. The van der Waals surface area contributed by atoms with Gasteiger partial charge in [-0.2, -0.15) is 5.10 Å². The number of pyridine rings is 2. The van der Waals surface area contributed by atoms with E-state index in [1.54, 1.807) is 23.3 Å². The van der Waals surface area contributed by atoms with Crippen molar-refractivity contribution in [2.75, 3.05) is 35.2 Å². The first-order chi connectivity index (χ1) is 17.6. The van der Waals surface area contributed by atoms with E-state index in [4.69, 9.17) is 15.5 Å². The number of nitrogens with one attached hydrogen (secondary N) is 2. The molecular weight excluding hydrogens is 474 g/mol. The van der Waals surface area contributed by atoms with Crippen LogP contribution in [-0.2, 0) is 7.05 Å². The Morgan fingerprint density at radius 3 is 2.78 bits per heavy atom. The zero-order chi connectivity index (χ0) is 24.9. The Kier molecular flexibility index (Phi) is 6.80. The molecule has 0 unspecified atom stereocenters. The SMILES string of the molecule is CSNc1cncc(NCCOc2nc(-c3ccc4ncccc4c3)c(-c3ccn(C)n3)nc2N)c1. The van der Waals surface area contributed by atoms with Crippen LogP contribution < -0.4 is 20.5 Å². The van der Waals surface area contributed by atoms with E-state index in [-0.39, 0.29) is 11.7 Å². The molecule has 182 valence electrons. The van der Waals surface area contributed by atoms with Crippen molar-refractivity contribution >= 4 is 40.0 Å². The van der Waals surface area contributed by atoms with E-state index in [9.17, 15) is 0 Å². The quantitative estimate of drug-likeness (QED) is 0.200. The Labute approximate surface area is 212 Å². The van der Waals surface area contributed by atoms with Gasteiger partial charge in [-0.25, -0.2) is 9.97 Å². The minimum Gasteiger partial charge on any atom is -0.473 e. The van der Waals surface area contributed by atoms with Crippen molar-refractivity contribution < 1.29 is 4.74 Å². The van der Waals surface area contributed by atoms with Crippen molar-refractivity contribution in [2.45, 2.75) is 0 Å². The third-order valence-electron chi connectivity index (χ3n) is 5.35. The lowest BCUT2D eigenvalue weighted by Gasteiger charge is -2.13. The van der Waals surface area contributed by atoms with E-state index in [1.165, 1.54) is 11.9 Å². The van der Waals surface area contributed by atoms with Gasteiger partial charge in [-0.05, 0) is 30.3 Å². The number of hydrogen-bond acceptors (Lipinski definition) is 10. The molecule has 10 nitrogen and oxygen atoms in total. The molecule has 36 heavy (non-hydrogen) atoms. The van der Waals surface area contributed by atoms with Crippen LogP contribution in [0.4, 0.5) is 17.2 Å². The van der Waals surface area contributed by atoms with Crippen LogP contribution in [0.1, 0.15) is 0 Å². The summed E-state index contributed by atoms with van der Waals surface area (Å²) in [6.07, 6.45) is 9.11. The Balaban J connectivity index is 1.40. The maximum absolute atomic E-state index is 6.27. The number of fused-ring (bicyclic) bond motifs is 1. The average molecular weight is 500 g/mol. The Bertz CT molecular complexity index is 1500. The average Bonchev–Trinajstić information content (AvgIpc) is 3.33. The lowest BCUT2D eigenvalue weighted by molar-refractivity contribution is 0.321. The maximum Gasteiger partial charge on any atom is 0.257 e. The monoisotopic (exact) mass is 499 g/mol. The topological polar surface area (TPSA) is 129 Å². The first-order valence-corrected chi connectivity index (χ1v) is 12.5. The van der Waals surface area contributed by atoms with Crippen molar-refractivity contribution in [3.05, 3.63) is 67.3 Å². The standard InChI is InChI=1S/C25H25N9OS/c1-34-10-7-21(32-34)23-22(17-5-6-20-16(12-17)4-3-8-29-20)31-25(24(26)30-23)35-11-9-28-18-13-19(33-36-2)15-27-14-18/h3-8,10,12-15,28,33H,9,11H2,1-2H3,(H2,26,30). The summed E-state index contributed by atoms with van der Waals surface area (Å²) >= 11 is 1.51. The molecule has 0 aliphatic heterocycles. The van der Waals surface area contributed by atoms with Crippen molar-refractivity contribution in [2.24, 2.45) is 7.05 Å². The number of nitrogens with two attached hydrogens (primary N) is 1. The zero-order valence-corrected chi connectivity index (χ0v) is 20.7. The number of anilines is 3. The maximum atomic E-state index is 6.27. The minimum atomic E-state index is 0.203. The Morgan fingerprint density at radius 1 is 1.06 bits per heavy atom. The summed E-state index contributed by atoms with van der Waals surface area (Å²) in [7, 11) is 1.86. The third-order valence-corrected chi connectivity index (χ3v) is 5.79. The molecule has 0 spiro atoms. The first-order valence-electron chi connectivity index (χ1n) is 11.2. The van der Waals surface area contributed by atoms with Gasteiger partial charge < -0.3 is 20.5 Å². The number of aromatic nitrogens is 6. The van der Waals surface area contributed by atoms with Crippen LogP contribution in [0.5, 0.6) is 5.88 Å². The lowest BCUT2D eigenvalue weighted by atomic mass is 10.0. The molecule has 0 fully saturated rings. The van der Waals surface area contributed by atoms with Crippen molar-refractivity contribution in [1.82, 2.24) is 29.7 Å². The van der Waals surface area contributed by atoms with Crippen LogP contribution in [-0.4, -0.2) is 49.1 Å². The van der Waals surface area contributed by atoms with Crippen molar-refractivity contribution in [3.63, 3.8) is 0 Å². The van der Waals surface area contributed by atoms with E-state index in [0.717, 1.165) is 27.8 Å². The van der Waals surface area contributed by atoms with Crippen LogP contribution in [0.2, 0.25) is 0 Å². The molecule has 0 amide bonds. The van der Waals surface area contributed by atoms with E-state index in [2.05, 4.69) is 30.1 Å².